The van der Waals surface area contributed by atoms with E-state index in [2.05, 4.69) is 52.6 Å². The van der Waals surface area contributed by atoms with Crippen molar-refractivity contribution in [1.82, 2.24) is 0 Å². The molecule has 2 aromatic rings. The highest BCUT2D eigenvalue weighted by molar-refractivity contribution is 9.10. The molecular formula is C14H14BrCl2NS. The van der Waals surface area contributed by atoms with Gasteiger partial charge < -0.3 is 5.32 Å². The summed E-state index contributed by atoms with van der Waals surface area (Å²) in [5, 5.41) is 6.80. The standard InChI is InChI=1S/C14H14BrCl2NS/c1-8(2)13(12-4-3-5-19-12)18-14-10(16)6-9(15)7-11(14)17/h3-8,13,18H,1-2H3. The molecule has 5 heteroatoms. The van der Waals surface area contributed by atoms with Gasteiger partial charge in [-0.15, -0.1) is 11.3 Å². The van der Waals surface area contributed by atoms with E-state index < -0.39 is 0 Å². The molecule has 1 N–H and O–H groups in total. The monoisotopic (exact) mass is 377 g/mol. The number of benzene rings is 1. The van der Waals surface area contributed by atoms with Crippen molar-refractivity contribution in [2.24, 2.45) is 5.92 Å². The minimum Gasteiger partial charge on any atom is -0.375 e. The molecular weight excluding hydrogens is 365 g/mol. The van der Waals surface area contributed by atoms with Gasteiger partial charge in [0.25, 0.3) is 0 Å². The van der Waals surface area contributed by atoms with Crippen molar-refractivity contribution >= 4 is 56.2 Å². The van der Waals surface area contributed by atoms with Gasteiger partial charge in [0.15, 0.2) is 0 Å². The Balaban J connectivity index is 2.33. The van der Waals surface area contributed by atoms with Crippen LogP contribution < -0.4 is 5.32 Å². The van der Waals surface area contributed by atoms with E-state index in [1.54, 1.807) is 11.3 Å². The molecule has 1 aromatic carbocycles. The number of rotatable bonds is 4. The summed E-state index contributed by atoms with van der Waals surface area (Å²) in [7, 11) is 0. The fourth-order valence-electron chi connectivity index (χ4n) is 1.87. The minimum atomic E-state index is 0.205. The first-order valence-corrected chi connectivity index (χ1v) is 8.36. The molecule has 19 heavy (non-hydrogen) atoms. The molecule has 0 aliphatic heterocycles. The lowest BCUT2D eigenvalue weighted by atomic mass is 10.0. The number of nitrogens with one attached hydrogen (secondary N) is 1. The molecule has 0 fully saturated rings. The van der Waals surface area contributed by atoms with Crippen molar-refractivity contribution in [1.29, 1.82) is 0 Å². The highest BCUT2D eigenvalue weighted by Crippen LogP contribution is 2.38. The summed E-state index contributed by atoms with van der Waals surface area (Å²) in [4.78, 5) is 1.28. The van der Waals surface area contributed by atoms with Gasteiger partial charge >= 0.3 is 0 Å². The second kappa shape index (κ2) is 6.49. The third kappa shape index (κ3) is 3.66. The molecule has 1 unspecified atom stereocenters. The molecule has 1 nitrogen and oxygen atoms in total. The molecule has 0 bridgehead atoms. The van der Waals surface area contributed by atoms with Crippen LogP contribution in [0.15, 0.2) is 34.1 Å². The van der Waals surface area contributed by atoms with E-state index in [0.29, 0.717) is 16.0 Å². The Morgan fingerprint density at radius 3 is 2.32 bits per heavy atom. The molecule has 1 aromatic heterocycles. The predicted molar refractivity (Wildman–Crippen MR) is 89.7 cm³/mol. The van der Waals surface area contributed by atoms with Crippen molar-refractivity contribution in [3.8, 4) is 0 Å². The summed E-state index contributed by atoms with van der Waals surface area (Å²) in [5.41, 5.74) is 0.790. The zero-order valence-electron chi connectivity index (χ0n) is 10.6. The maximum atomic E-state index is 6.27. The Morgan fingerprint density at radius 1 is 1.21 bits per heavy atom. The summed E-state index contributed by atoms with van der Waals surface area (Å²) < 4.78 is 0.880. The average Bonchev–Trinajstić information content (AvgIpc) is 2.80. The Morgan fingerprint density at radius 2 is 1.84 bits per heavy atom. The number of hydrogen-bond donors (Lipinski definition) is 1. The smallest absolute Gasteiger partial charge is 0.0724 e. The van der Waals surface area contributed by atoms with Gasteiger partial charge in [-0.2, -0.15) is 0 Å². The van der Waals surface area contributed by atoms with Crippen LogP contribution in [0.5, 0.6) is 0 Å². The number of anilines is 1. The average molecular weight is 379 g/mol. The van der Waals surface area contributed by atoms with Gasteiger partial charge in [0, 0.05) is 9.35 Å². The Kier molecular flexibility index (Phi) is 5.18. The first-order valence-electron chi connectivity index (χ1n) is 5.93. The number of halogens is 3. The molecule has 2 rings (SSSR count). The van der Waals surface area contributed by atoms with Crippen LogP contribution in [0.4, 0.5) is 5.69 Å². The van der Waals surface area contributed by atoms with Gasteiger partial charge in [-0.3, -0.25) is 0 Å². The molecule has 102 valence electrons. The summed E-state index contributed by atoms with van der Waals surface area (Å²) in [5.74, 6) is 0.439. The van der Waals surface area contributed by atoms with E-state index in [9.17, 15) is 0 Å². The summed E-state index contributed by atoms with van der Waals surface area (Å²) in [6.45, 7) is 4.36. The minimum absolute atomic E-state index is 0.205. The van der Waals surface area contributed by atoms with Gasteiger partial charge in [0.1, 0.15) is 0 Å². The van der Waals surface area contributed by atoms with Crippen LogP contribution in [0.1, 0.15) is 24.8 Å². The topological polar surface area (TPSA) is 12.0 Å². The van der Waals surface area contributed by atoms with E-state index >= 15 is 0 Å². The van der Waals surface area contributed by atoms with Gasteiger partial charge in [-0.05, 0) is 29.5 Å². The highest BCUT2D eigenvalue weighted by atomic mass is 79.9. The first-order chi connectivity index (χ1) is 8.99. The second-order valence-corrected chi connectivity index (χ2v) is 7.34. The molecule has 1 atom stereocenters. The van der Waals surface area contributed by atoms with Gasteiger partial charge in [-0.1, -0.05) is 59.0 Å². The van der Waals surface area contributed by atoms with Crippen molar-refractivity contribution < 1.29 is 0 Å². The van der Waals surface area contributed by atoms with Crippen LogP contribution in [0.2, 0.25) is 10.0 Å². The first kappa shape index (κ1) is 15.2. The van der Waals surface area contributed by atoms with E-state index in [1.165, 1.54) is 4.88 Å². The zero-order valence-corrected chi connectivity index (χ0v) is 14.5. The third-order valence-corrected chi connectivity index (χ3v) is 4.83. The quantitative estimate of drug-likeness (QED) is 0.629. The lowest BCUT2D eigenvalue weighted by Crippen LogP contribution is -2.16. The number of thiophene rings is 1. The van der Waals surface area contributed by atoms with Crippen LogP contribution in [0.25, 0.3) is 0 Å². The lowest BCUT2D eigenvalue weighted by Gasteiger charge is -2.24. The van der Waals surface area contributed by atoms with Gasteiger partial charge in [-0.25, -0.2) is 0 Å². The molecule has 0 radical (unpaired) electrons. The third-order valence-electron chi connectivity index (χ3n) is 2.82. The maximum absolute atomic E-state index is 6.27. The van der Waals surface area contributed by atoms with Crippen molar-refractivity contribution in [3.63, 3.8) is 0 Å². The molecule has 0 aliphatic rings. The van der Waals surface area contributed by atoms with Crippen molar-refractivity contribution in [2.45, 2.75) is 19.9 Å². The van der Waals surface area contributed by atoms with Crippen LogP contribution in [0.3, 0.4) is 0 Å². The van der Waals surface area contributed by atoms with E-state index in [1.807, 2.05) is 12.1 Å². The second-order valence-electron chi connectivity index (χ2n) is 4.63. The fraction of sp³-hybridized carbons (Fsp3) is 0.286. The van der Waals surface area contributed by atoms with Crippen LogP contribution in [-0.2, 0) is 0 Å². The lowest BCUT2D eigenvalue weighted by molar-refractivity contribution is 0.554. The van der Waals surface area contributed by atoms with Crippen molar-refractivity contribution in [2.75, 3.05) is 5.32 Å². The molecule has 0 saturated carbocycles. The Hall–Kier alpha value is -0.220. The predicted octanol–water partition coefficient (Wildman–Crippen LogP) is 6.63. The maximum Gasteiger partial charge on any atom is 0.0724 e. The van der Waals surface area contributed by atoms with Crippen molar-refractivity contribution in [3.05, 3.63) is 49.0 Å². The van der Waals surface area contributed by atoms with E-state index in [4.69, 9.17) is 23.2 Å². The Labute approximate surface area is 136 Å². The molecule has 0 amide bonds. The Bertz CT molecular complexity index is 532. The highest BCUT2D eigenvalue weighted by Gasteiger charge is 2.19. The van der Waals surface area contributed by atoms with Gasteiger partial charge in [0.05, 0.1) is 21.8 Å². The summed E-state index contributed by atoms with van der Waals surface area (Å²) in [6, 6.07) is 8.09. The van der Waals surface area contributed by atoms with E-state index in [-0.39, 0.29) is 6.04 Å². The normalized spacial score (nSPS) is 12.7. The fourth-order valence-corrected chi connectivity index (χ4v) is 4.14. The molecule has 0 spiro atoms. The number of hydrogen-bond acceptors (Lipinski definition) is 2. The van der Waals surface area contributed by atoms with Gasteiger partial charge in [0.2, 0.25) is 0 Å². The van der Waals surface area contributed by atoms with Crippen LogP contribution in [-0.4, -0.2) is 0 Å². The molecule has 0 saturated heterocycles. The largest absolute Gasteiger partial charge is 0.375 e. The van der Waals surface area contributed by atoms with Crippen LogP contribution in [0, 0.1) is 5.92 Å². The summed E-state index contributed by atoms with van der Waals surface area (Å²) >= 11 is 17.7. The summed E-state index contributed by atoms with van der Waals surface area (Å²) in [6.07, 6.45) is 0. The SMILES string of the molecule is CC(C)C(Nc1c(Cl)cc(Br)cc1Cl)c1cccs1. The molecule has 0 aliphatic carbocycles. The molecule has 1 heterocycles. The van der Waals surface area contributed by atoms with Crippen LogP contribution >= 0.6 is 50.5 Å². The van der Waals surface area contributed by atoms with E-state index in [0.717, 1.165) is 10.2 Å². The zero-order chi connectivity index (χ0) is 14.0.